The average molecular weight is 439 g/mol. The van der Waals surface area contributed by atoms with Gasteiger partial charge in [-0.2, -0.15) is 0 Å². The Labute approximate surface area is 191 Å². The number of hydrogen-bond acceptors (Lipinski definition) is 4. The molecule has 0 unspecified atom stereocenters. The number of nitrogens with zero attached hydrogens (tertiary/aromatic N) is 2. The van der Waals surface area contributed by atoms with Crippen LogP contribution in [0.15, 0.2) is 79.0 Å². The predicted molar refractivity (Wildman–Crippen MR) is 127 cm³/mol. The first kappa shape index (κ1) is 20.7. The molecule has 0 saturated carbocycles. The molecule has 1 aromatic heterocycles. The fraction of sp³-hybridized carbons (Fsp3) is 0.111. The minimum Gasteiger partial charge on any atom is -0.454 e. The summed E-state index contributed by atoms with van der Waals surface area (Å²) in [4.78, 5) is 19.0. The summed E-state index contributed by atoms with van der Waals surface area (Å²) in [5.74, 6) is 0.120. The fourth-order valence-corrected chi connectivity index (χ4v) is 3.93. The van der Waals surface area contributed by atoms with E-state index in [1.54, 1.807) is 41.4 Å². The Morgan fingerprint density at radius 3 is 2.64 bits per heavy atom. The fourth-order valence-electron chi connectivity index (χ4n) is 3.93. The molecule has 2 heterocycles. The molecular formula is C27H22FN3O2. The van der Waals surface area contributed by atoms with Crippen molar-refractivity contribution in [1.29, 1.82) is 0 Å². The van der Waals surface area contributed by atoms with E-state index >= 15 is 0 Å². The molecule has 0 radical (unpaired) electrons. The number of pyridine rings is 1. The zero-order valence-electron chi connectivity index (χ0n) is 18.3. The van der Waals surface area contributed by atoms with Crippen molar-refractivity contribution < 1.29 is 13.9 Å². The highest BCUT2D eigenvalue weighted by Gasteiger charge is 2.29. The highest BCUT2D eigenvalue weighted by molar-refractivity contribution is 6.10. The van der Waals surface area contributed by atoms with Crippen LogP contribution in [-0.4, -0.2) is 10.9 Å². The van der Waals surface area contributed by atoms with E-state index in [0.29, 0.717) is 23.5 Å². The van der Waals surface area contributed by atoms with Gasteiger partial charge in [-0.3, -0.25) is 9.78 Å². The maximum atomic E-state index is 14.2. The lowest BCUT2D eigenvalue weighted by molar-refractivity contribution is 0.0996. The van der Waals surface area contributed by atoms with Crippen molar-refractivity contribution in [3.05, 3.63) is 107 Å². The zero-order valence-corrected chi connectivity index (χ0v) is 18.3. The van der Waals surface area contributed by atoms with Gasteiger partial charge in [-0.05, 0) is 79.6 Å². The molecule has 4 aromatic rings. The minimum absolute atomic E-state index is 0.0741. The molecule has 0 spiro atoms. The van der Waals surface area contributed by atoms with Crippen molar-refractivity contribution in [2.45, 2.75) is 20.4 Å². The Bertz CT molecular complexity index is 1370. The van der Waals surface area contributed by atoms with Crippen LogP contribution < -0.4 is 15.0 Å². The Morgan fingerprint density at radius 2 is 1.82 bits per heavy atom. The maximum Gasteiger partial charge on any atom is 0.258 e. The number of aryl methyl sites for hydroxylation is 2. The number of fused-ring (bicyclic) bond motifs is 1. The van der Waals surface area contributed by atoms with Crippen LogP contribution in [0.5, 0.6) is 11.5 Å². The SMILES string of the molecule is Cc1ccc(Oc2cccc(N3Cc4cc(Nc5ccnc(C)c5)ccc4C3=O)c2)c(F)c1. The van der Waals surface area contributed by atoms with E-state index in [4.69, 9.17) is 4.74 Å². The van der Waals surface area contributed by atoms with Gasteiger partial charge in [0.1, 0.15) is 5.75 Å². The molecule has 1 amide bonds. The highest BCUT2D eigenvalue weighted by atomic mass is 19.1. The third kappa shape index (κ3) is 4.28. The summed E-state index contributed by atoms with van der Waals surface area (Å²) < 4.78 is 19.9. The van der Waals surface area contributed by atoms with Crippen molar-refractivity contribution in [3.8, 4) is 11.5 Å². The highest BCUT2D eigenvalue weighted by Crippen LogP contribution is 2.34. The minimum atomic E-state index is -0.422. The first-order valence-corrected chi connectivity index (χ1v) is 10.6. The number of hydrogen-bond donors (Lipinski definition) is 1. The Balaban J connectivity index is 1.36. The summed E-state index contributed by atoms with van der Waals surface area (Å²) in [5.41, 5.74) is 5.89. The van der Waals surface area contributed by atoms with E-state index in [2.05, 4.69) is 10.3 Å². The molecule has 0 atom stereocenters. The van der Waals surface area contributed by atoms with Gasteiger partial charge in [0, 0.05) is 40.6 Å². The molecule has 0 bridgehead atoms. The lowest BCUT2D eigenvalue weighted by Crippen LogP contribution is -2.22. The van der Waals surface area contributed by atoms with Gasteiger partial charge < -0.3 is 15.0 Å². The number of benzene rings is 3. The van der Waals surface area contributed by atoms with E-state index in [9.17, 15) is 9.18 Å². The summed E-state index contributed by atoms with van der Waals surface area (Å²) in [6.07, 6.45) is 1.76. The van der Waals surface area contributed by atoms with Crippen molar-refractivity contribution in [3.63, 3.8) is 0 Å². The maximum absolute atomic E-state index is 14.2. The number of carbonyl (C=O) groups is 1. The molecule has 0 fully saturated rings. The standard InChI is InChI=1S/C27H22FN3O2/c1-17-6-9-26(25(28)12-17)33-23-5-3-4-22(15-23)31-16-19-14-20(7-8-24(19)27(31)32)30-21-10-11-29-18(2)13-21/h3-15H,16H2,1-2H3,(H,29,30). The summed E-state index contributed by atoms with van der Waals surface area (Å²) in [5, 5.41) is 3.36. The Kier molecular flexibility index (Phi) is 5.26. The van der Waals surface area contributed by atoms with Gasteiger partial charge in [0.05, 0.1) is 6.54 Å². The summed E-state index contributed by atoms with van der Waals surface area (Å²) in [6.45, 7) is 4.21. The van der Waals surface area contributed by atoms with Gasteiger partial charge in [0.25, 0.3) is 5.91 Å². The van der Waals surface area contributed by atoms with Crippen LogP contribution in [-0.2, 0) is 6.54 Å². The average Bonchev–Trinajstić information content (AvgIpc) is 3.12. The number of ether oxygens (including phenoxy) is 1. The molecule has 1 aliphatic heterocycles. The van der Waals surface area contributed by atoms with Crippen LogP contribution in [0.4, 0.5) is 21.5 Å². The second-order valence-electron chi connectivity index (χ2n) is 8.11. The summed E-state index contributed by atoms with van der Waals surface area (Å²) in [7, 11) is 0. The van der Waals surface area contributed by atoms with Crippen LogP contribution in [0.2, 0.25) is 0 Å². The Hall–Kier alpha value is -4.19. The molecule has 0 aliphatic carbocycles. The molecule has 1 N–H and O–H groups in total. The van der Waals surface area contributed by atoms with Crippen molar-refractivity contribution in [2.24, 2.45) is 0 Å². The van der Waals surface area contributed by atoms with E-state index < -0.39 is 5.82 Å². The monoisotopic (exact) mass is 439 g/mol. The third-order valence-electron chi connectivity index (χ3n) is 5.54. The van der Waals surface area contributed by atoms with Crippen LogP contribution in [0, 0.1) is 19.7 Å². The van der Waals surface area contributed by atoms with Gasteiger partial charge in [0.2, 0.25) is 0 Å². The number of aromatic nitrogens is 1. The number of amides is 1. The van der Waals surface area contributed by atoms with E-state index in [1.807, 2.05) is 50.2 Å². The van der Waals surface area contributed by atoms with E-state index in [0.717, 1.165) is 28.2 Å². The quantitative estimate of drug-likeness (QED) is 0.384. The van der Waals surface area contributed by atoms with Crippen LogP contribution in [0.1, 0.15) is 27.2 Å². The molecule has 33 heavy (non-hydrogen) atoms. The summed E-state index contributed by atoms with van der Waals surface area (Å²) >= 11 is 0. The largest absolute Gasteiger partial charge is 0.454 e. The second kappa shape index (κ2) is 8.39. The lowest BCUT2D eigenvalue weighted by atomic mass is 10.1. The normalized spacial score (nSPS) is 12.6. The molecule has 5 nitrogen and oxygen atoms in total. The predicted octanol–water partition coefficient (Wildman–Crippen LogP) is 6.53. The molecule has 0 saturated heterocycles. The Morgan fingerprint density at radius 1 is 0.970 bits per heavy atom. The van der Waals surface area contributed by atoms with Gasteiger partial charge in [-0.15, -0.1) is 0 Å². The van der Waals surface area contributed by atoms with Crippen molar-refractivity contribution in [2.75, 3.05) is 10.2 Å². The smallest absolute Gasteiger partial charge is 0.258 e. The van der Waals surface area contributed by atoms with Gasteiger partial charge in [-0.1, -0.05) is 12.1 Å². The van der Waals surface area contributed by atoms with E-state index in [-0.39, 0.29) is 11.7 Å². The van der Waals surface area contributed by atoms with Crippen molar-refractivity contribution in [1.82, 2.24) is 4.98 Å². The number of anilines is 3. The van der Waals surface area contributed by atoms with Crippen LogP contribution in [0.3, 0.4) is 0 Å². The molecule has 3 aromatic carbocycles. The topological polar surface area (TPSA) is 54.5 Å². The number of carbonyl (C=O) groups excluding carboxylic acids is 1. The molecule has 6 heteroatoms. The number of nitrogens with one attached hydrogen (secondary N) is 1. The number of rotatable bonds is 5. The van der Waals surface area contributed by atoms with Gasteiger partial charge >= 0.3 is 0 Å². The lowest BCUT2D eigenvalue weighted by Gasteiger charge is -2.17. The van der Waals surface area contributed by atoms with Gasteiger partial charge in [-0.25, -0.2) is 4.39 Å². The first-order chi connectivity index (χ1) is 16.0. The van der Waals surface area contributed by atoms with Gasteiger partial charge in [0.15, 0.2) is 11.6 Å². The molecule has 164 valence electrons. The number of halogens is 1. The summed E-state index contributed by atoms with van der Waals surface area (Å²) in [6, 6.07) is 21.6. The molecule has 1 aliphatic rings. The van der Waals surface area contributed by atoms with E-state index in [1.165, 1.54) is 6.07 Å². The van der Waals surface area contributed by atoms with Crippen LogP contribution in [0.25, 0.3) is 0 Å². The second-order valence-corrected chi connectivity index (χ2v) is 8.11. The van der Waals surface area contributed by atoms with Crippen molar-refractivity contribution >= 4 is 23.0 Å². The zero-order chi connectivity index (χ0) is 22.9. The molecular weight excluding hydrogens is 417 g/mol. The first-order valence-electron chi connectivity index (χ1n) is 10.6. The van der Waals surface area contributed by atoms with Crippen LogP contribution >= 0.6 is 0 Å². The molecule has 5 rings (SSSR count). The third-order valence-corrected chi connectivity index (χ3v) is 5.54.